The number of thioether (sulfide) groups is 1. The molecule has 0 aromatic heterocycles. The van der Waals surface area contributed by atoms with Crippen molar-refractivity contribution in [3.05, 3.63) is 34.7 Å². The van der Waals surface area contributed by atoms with Crippen molar-refractivity contribution in [2.24, 2.45) is 0 Å². The van der Waals surface area contributed by atoms with Gasteiger partial charge in [-0.2, -0.15) is 0 Å². The molecule has 1 aromatic carbocycles. The molecule has 2 unspecified atom stereocenters. The first-order chi connectivity index (χ1) is 12.6. The number of hydrogen-bond acceptors (Lipinski definition) is 5. The number of esters is 1. The minimum Gasteiger partial charge on any atom is -0.497 e. The van der Waals surface area contributed by atoms with E-state index in [2.05, 4.69) is 0 Å². The number of hydrogen-bond donors (Lipinski definition) is 0. The fourth-order valence-corrected chi connectivity index (χ4v) is 5.03. The molecule has 0 bridgehead atoms. The summed E-state index contributed by atoms with van der Waals surface area (Å²) in [6, 6.07) is 7.75. The topological polar surface area (TPSA) is 55.8 Å². The largest absolute Gasteiger partial charge is 0.497 e. The zero-order valence-corrected chi connectivity index (χ0v) is 16.1. The van der Waals surface area contributed by atoms with Gasteiger partial charge in [0.2, 0.25) is 0 Å². The lowest BCUT2D eigenvalue weighted by Gasteiger charge is -2.43. The van der Waals surface area contributed by atoms with E-state index in [0.29, 0.717) is 16.8 Å². The van der Waals surface area contributed by atoms with Crippen molar-refractivity contribution >= 4 is 29.7 Å². The minimum atomic E-state index is -0.333. The van der Waals surface area contributed by atoms with Gasteiger partial charge in [0.1, 0.15) is 12.3 Å². The van der Waals surface area contributed by atoms with Crippen LogP contribution in [0, 0.1) is 0 Å². The summed E-state index contributed by atoms with van der Waals surface area (Å²) in [6.07, 6.45) is 6.22. The zero-order valence-electron chi connectivity index (χ0n) is 15.3. The van der Waals surface area contributed by atoms with Crippen LogP contribution < -0.4 is 4.74 Å². The maximum Gasteiger partial charge on any atom is 0.325 e. The molecule has 3 rings (SSSR count). The Balaban J connectivity index is 1.84. The van der Waals surface area contributed by atoms with Crippen LogP contribution in [0.25, 0.3) is 6.08 Å². The number of carbonyl (C=O) groups is 2. The van der Waals surface area contributed by atoms with E-state index in [1.165, 1.54) is 6.42 Å². The summed E-state index contributed by atoms with van der Waals surface area (Å²) in [7, 11) is 1.63. The van der Waals surface area contributed by atoms with Gasteiger partial charge in [0.25, 0.3) is 5.91 Å². The number of benzene rings is 1. The van der Waals surface area contributed by atoms with Crippen LogP contribution in [0.1, 0.15) is 38.2 Å². The Labute approximate surface area is 158 Å². The highest BCUT2D eigenvalue weighted by Crippen LogP contribution is 2.42. The molecule has 1 aliphatic carbocycles. The number of methoxy groups -OCH3 is 1. The van der Waals surface area contributed by atoms with Crippen molar-refractivity contribution in [1.82, 2.24) is 4.90 Å². The average Bonchev–Trinajstić information content (AvgIpc) is 2.66. The van der Waals surface area contributed by atoms with Crippen molar-refractivity contribution in [2.45, 2.75) is 43.9 Å². The molecule has 0 spiro atoms. The van der Waals surface area contributed by atoms with E-state index in [9.17, 15) is 9.59 Å². The molecule has 140 valence electrons. The van der Waals surface area contributed by atoms with Gasteiger partial charge in [0.05, 0.1) is 18.6 Å². The van der Waals surface area contributed by atoms with Crippen molar-refractivity contribution in [3.8, 4) is 5.75 Å². The summed E-state index contributed by atoms with van der Waals surface area (Å²) in [5.74, 6) is 0.383. The smallest absolute Gasteiger partial charge is 0.325 e. The Hall–Kier alpha value is -1.95. The molecule has 1 saturated carbocycles. The Bertz CT molecular complexity index is 686. The summed E-state index contributed by atoms with van der Waals surface area (Å²) in [6.45, 7) is 2.15. The van der Waals surface area contributed by atoms with Crippen LogP contribution in [-0.4, -0.2) is 48.3 Å². The molecule has 1 aliphatic heterocycles. The van der Waals surface area contributed by atoms with Gasteiger partial charge < -0.3 is 14.4 Å². The van der Waals surface area contributed by atoms with E-state index in [1.54, 1.807) is 30.7 Å². The van der Waals surface area contributed by atoms with Crippen LogP contribution in [0.15, 0.2) is 29.2 Å². The van der Waals surface area contributed by atoms with Gasteiger partial charge in [-0.1, -0.05) is 25.0 Å². The molecule has 0 N–H and O–H groups in total. The quantitative estimate of drug-likeness (QED) is 0.582. The molecule has 2 aliphatic rings. The maximum absolute atomic E-state index is 13.1. The standard InChI is InChI=1S/C20H25NO4S/c1-3-25-19(22)13-21-16-6-4-5-7-17(16)26-18(20(21)23)12-14-8-10-15(24-2)11-9-14/h8-12,16-17H,3-7,13H2,1-2H3/b18-12-. The molecule has 26 heavy (non-hydrogen) atoms. The number of amides is 1. The van der Waals surface area contributed by atoms with Crippen LogP contribution in [0.5, 0.6) is 5.75 Å². The summed E-state index contributed by atoms with van der Waals surface area (Å²) < 4.78 is 10.3. The Morgan fingerprint density at radius 3 is 2.69 bits per heavy atom. The molecule has 1 aromatic rings. The van der Waals surface area contributed by atoms with Gasteiger partial charge in [-0.15, -0.1) is 11.8 Å². The molecule has 6 heteroatoms. The third-order valence-corrected chi connectivity index (χ3v) is 6.24. The first kappa shape index (κ1) is 18.8. The molecule has 1 saturated heterocycles. The minimum absolute atomic E-state index is 0.0361. The summed E-state index contributed by atoms with van der Waals surface area (Å²) in [5.41, 5.74) is 0.951. The van der Waals surface area contributed by atoms with Crippen molar-refractivity contribution < 1.29 is 19.1 Å². The van der Waals surface area contributed by atoms with Gasteiger partial charge in [-0.3, -0.25) is 9.59 Å². The second-order valence-corrected chi connectivity index (χ2v) is 7.81. The highest BCUT2D eigenvalue weighted by atomic mass is 32.2. The van der Waals surface area contributed by atoms with E-state index in [-0.39, 0.29) is 24.5 Å². The lowest BCUT2D eigenvalue weighted by Crippen LogP contribution is -2.53. The van der Waals surface area contributed by atoms with Gasteiger partial charge in [-0.25, -0.2) is 0 Å². The van der Waals surface area contributed by atoms with Gasteiger partial charge in [-0.05, 0) is 43.5 Å². The summed E-state index contributed by atoms with van der Waals surface area (Å²) in [4.78, 5) is 27.5. The molecule has 1 amide bonds. The van der Waals surface area contributed by atoms with Gasteiger partial charge >= 0.3 is 5.97 Å². The van der Waals surface area contributed by atoms with Crippen LogP contribution in [0.4, 0.5) is 0 Å². The SMILES string of the molecule is CCOC(=O)CN1C(=O)/C(=C/c2ccc(OC)cc2)SC2CCCCC21. The highest BCUT2D eigenvalue weighted by molar-refractivity contribution is 8.04. The number of ether oxygens (including phenoxy) is 2. The molecule has 0 radical (unpaired) electrons. The Morgan fingerprint density at radius 2 is 2.00 bits per heavy atom. The molecule has 2 fully saturated rings. The monoisotopic (exact) mass is 375 g/mol. The number of carbonyl (C=O) groups excluding carboxylic acids is 2. The first-order valence-corrected chi connectivity index (χ1v) is 9.99. The van der Waals surface area contributed by atoms with E-state index in [1.807, 2.05) is 30.3 Å². The zero-order chi connectivity index (χ0) is 18.5. The van der Waals surface area contributed by atoms with Gasteiger partial charge in [0.15, 0.2) is 0 Å². The lowest BCUT2D eigenvalue weighted by atomic mass is 9.93. The predicted molar refractivity (Wildman–Crippen MR) is 103 cm³/mol. The predicted octanol–water partition coefficient (Wildman–Crippen LogP) is 3.49. The Morgan fingerprint density at radius 1 is 1.27 bits per heavy atom. The Kier molecular flexibility index (Phi) is 6.25. The highest BCUT2D eigenvalue weighted by Gasteiger charge is 2.41. The van der Waals surface area contributed by atoms with Crippen molar-refractivity contribution in [2.75, 3.05) is 20.3 Å². The fourth-order valence-electron chi connectivity index (χ4n) is 3.56. The molecule has 2 atom stereocenters. The number of rotatable bonds is 5. The third kappa shape index (κ3) is 4.23. The fraction of sp³-hybridized carbons (Fsp3) is 0.500. The second-order valence-electron chi connectivity index (χ2n) is 6.53. The van der Waals surface area contributed by atoms with Gasteiger partial charge in [0, 0.05) is 11.3 Å². The first-order valence-electron chi connectivity index (χ1n) is 9.11. The van der Waals surface area contributed by atoms with E-state index in [0.717, 1.165) is 30.6 Å². The third-order valence-electron chi connectivity index (χ3n) is 4.84. The van der Waals surface area contributed by atoms with Crippen LogP contribution in [0.2, 0.25) is 0 Å². The van der Waals surface area contributed by atoms with Crippen molar-refractivity contribution in [1.29, 1.82) is 0 Å². The molecule has 1 heterocycles. The molecular formula is C20H25NO4S. The molecule has 5 nitrogen and oxygen atoms in total. The normalized spacial score (nSPS) is 24.3. The lowest BCUT2D eigenvalue weighted by molar-refractivity contribution is -0.149. The molecular weight excluding hydrogens is 350 g/mol. The summed E-state index contributed by atoms with van der Waals surface area (Å²) >= 11 is 1.66. The van der Waals surface area contributed by atoms with Crippen LogP contribution in [0.3, 0.4) is 0 Å². The average molecular weight is 375 g/mol. The number of fused-ring (bicyclic) bond motifs is 1. The van der Waals surface area contributed by atoms with E-state index >= 15 is 0 Å². The number of nitrogens with zero attached hydrogens (tertiary/aromatic N) is 1. The van der Waals surface area contributed by atoms with Crippen LogP contribution >= 0.6 is 11.8 Å². The van der Waals surface area contributed by atoms with E-state index in [4.69, 9.17) is 9.47 Å². The van der Waals surface area contributed by atoms with E-state index < -0.39 is 0 Å². The maximum atomic E-state index is 13.1. The summed E-state index contributed by atoms with van der Waals surface area (Å²) in [5, 5.41) is 0.348. The second kappa shape index (κ2) is 8.62. The van der Waals surface area contributed by atoms with Crippen molar-refractivity contribution in [3.63, 3.8) is 0 Å². The van der Waals surface area contributed by atoms with Crippen LogP contribution in [-0.2, 0) is 14.3 Å².